The van der Waals surface area contributed by atoms with Crippen molar-refractivity contribution in [3.05, 3.63) is 160 Å². The molecule has 0 unspecified atom stereocenters. The van der Waals surface area contributed by atoms with Crippen molar-refractivity contribution >= 4 is 39.0 Å². The van der Waals surface area contributed by atoms with Crippen molar-refractivity contribution in [2.24, 2.45) is 0 Å². The molecule has 0 radical (unpaired) electrons. The number of benzene rings is 5. The van der Waals surface area contributed by atoms with Crippen LogP contribution in [0, 0.1) is 43.4 Å². The zero-order valence-corrected chi connectivity index (χ0v) is 25.0. The van der Waals surface area contributed by atoms with Crippen LogP contribution < -0.4 is 4.90 Å². The molecule has 0 saturated heterocycles. The van der Waals surface area contributed by atoms with Crippen molar-refractivity contribution < 1.29 is 0 Å². The van der Waals surface area contributed by atoms with Gasteiger partial charge in [0.1, 0.15) is 12.1 Å². The number of anilines is 2. The highest BCUT2D eigenvalue weighted by atomic mass is 15.1. The Balaban J connectivity index is 1.51. The molecule has 0 bridgehead atoms. The Hall–Kier alpha value is -5.64. The number of nitriles is 2. The van der Waals surface area contributed by atoms with Crippen LogP contribution in [0.4, 0.5) is 11.4 Å². The zero-order chi connectivity index (χ0) is 30.3. The van der Waals surface area contributed by atoms with Gasteiger partial charge in [-0.15, -0.1) is 0 Å². The number of rotatable bonds is 7. The van der Waals surface area contributed by atoms with E-state index in [0.717, 1.165) is 49.6 Å². The zero-order valence-electron chi connectivity index (χ0n) is 25.0. The van der Waals surface area contributed by atoms with E-state index in [1.807, 2.05) is 44.2 Å². The second-order valence-electron chi connectivity index (χ2n) is 10.7. The van der Waals surface area contributed by atoms with Gasteiger partial charge in [0.2, 0.25) is 0 Å². The molecule has 0 aromatic heterocycles. The molecule has 3 heteroatoms. The van der Waals surface area contributed by atoms with E-state index in [-0.39, 0.29) is 0 Å². The van der Waals surface area contributed by atoms with Gasteiger partial charge in [-0.3, -0.25) is 0 Å². The molecule has 0 aliphatic carbocycles. The van der Waals surface area contributed by atoms with Crippen LogP contribution in [0.3, 0.4) is 0 Å². The van der Waals surface area contributed by atoms with Crippen LogP contribution in [0.15, 0.2) is 127 Å². The summed E-state index contributed by atoms with van der Waals surface area (Å²) in [5.74, 6) is 0. The maximum Gasteiger partial charge on any atom is 0.101 e. The van der Waals surface area contributed by atoms with Crippen molar-refractivity contribution in [2.75, 3.05) is 4.90 Å². The summed E-state index contributed by atoms with van der Waals surface area (Å²) < 4.78 is 0. The Bertz CT molecular complexity index is 1960. The second kappa shape index (κ2) is 12.9. The van der Waals surface area contributed by atoms with E-state index in [1.54, 1.807) is 0 Å². The van der Waals surface area contributed by atoms with E-state index in [0.29, 0.717) is 11.1 Å². The SMILES string of the molecule is C\C=C/C(C=Cc1ccc2c(C#N)c(C#N)c3ccc(C)cc3c2c1)=C\C=C\N(c1ccc(C)cc1)c1ccc(C)cc1. The Morgan fingerprint density at radius 1 is 0.628 bits per heavy atom. The fraction of sp³-hybridized carbons (Fsp3) is 0.100. The molecular weight excluding hydrogens is 522 g/mol. The quantitative estimate of drug-likeness (QED) is 0.148. The van der Waals surface area contributed by atoms with Gasteiger partial charge in [-0.05, 0) is 86.0 Å². The number of nitrogens with zero attached hydrogens (tertiary/aromatic N) is 3. The van der Waals surface area contributed by atoms with Crippen molar-refractivity contribution in [1.82, 2.24) is 0 Å². The van der Waals surface area contributed by atoms with Crippen LogP contribution >= 0.6 is 0 Å². The van der Waals surface area contributed by atoms with Gasteiger partial charge in [0.15, 0.2) is 0 Å². The third-order valence-corrected chi connectivity index (χ3v) is 7.50. The van der Waals surface area contributed by atoms with Crippen molar-refractivity contribution in [3.63, 3.8) is 0 Å². The minimum atomic E-state index is 0.427. The van der Waals surface area contributed by atoms with Crippen LogP contribution in [0.25, 0.3) is 27.6 Å². The van der Waals surface area contributed by atoms with E-state index in [4.69, 9.17) is 0 Å². The summed E-state index contributed by atoms with van der Waals surface area (Å²) in [6, 6.07) is 33.7. The summed E-state index contributed by atoms with van der Waals surface area (Å²) in [6.07, 6.45) is 14.5. The molecule has 5 aromatic carbocycles. The molecule has 3 nitrogen and oxygen atoms in total. The van der Waals surface area contributed by atoms with Gasteiger partial charge >= 0.3 is 0 Å². The average Bonchev–Trinajstić information content (AvgIpc) is 3.02. The van der Waals surface area contributed by atoms with E-state index in [9.17, 15) is 10.5 Å². The van der Waals surface area contributed by atoms with Crippen LogP contribution in [0.2, 0.25) is 0 Å². The van der Waals surface area contributed by atoms with E-state index in [2.05, 4.69) is 128 Å². The molecule has 43 heavy (non-hydrogen) atoms. The summed E-state index contributed by atoms with van der Waals surface area (Å²) >= 11 is 0. The molecule has 0 amide bonds. The minimum Gasteiger partial charge on any atom is -0.317 e. The number of aryl methyl sites for hydroxylation is 3. The molecule has 0 N–H and O–H groups in total. The van der Waals surface area contributed by atoms with Crippen LogP contribution in [-0.2, 0) is 0 Å². The van der Waals surface area contributed by atoms with Gasteiger partial charge in [0.05, 0.1) is 11.1 Å². The predicted octanol–water partition coefficient (Wildman–Crippen LogP) is 10.5. The third kappa shape index (κ3) is 6.33. The van der Waals surface area contributed by atoms with Gasteiger partial charge in [-0.1, -0.05) is 102 Å². The van der Waals surface area contributed by atoms with Gasteiger partial charge < -0.3 is 4.90 Å². The lowest BCUT2D eigenvalue weighted by Gasteiger charge is -2.21. The first-order valence-corrected chi connectivity index (χ1v) is 14.3. The number of hydrogen-bond acceptors (Lipinski definition) is 3. The van der Waals surface area contributed by atoms with Gasteiger partial charge in [-0.2, -0.15) is 10.5 Å². The highest BCUT2D eigenvalue weighted by Gasteiger charge is 2.14. The summed E-state index contributed by atoms with van der Waals surface area (Å²) in [5, 5.41) is 23.3. The van der Waals surface area contributed by atoms with Crippen molar-refractivity contribution in [2.45, 2.75) is 27.7 Å². The Labute approximate surface area is 254 Å². The monoisotopic (exact) mass is 555 g/mol. The second-order valence-corrected chi connectivity index (χ2v) is 10.7. The molecule has 0 fully saturated rings. The maximum atomic E-state index is 9.92. The summed E-state index contributed by atoms with van der Waals surface area (Å²) in [6.45, 7) is 8.25. The lowest BCUT2D eigenvalue weighted by molar-refractivity contribution is 1.27. The Kier molecular flexibility index (Phi) is 8.66. The van der Waals surface area contributed by atoms with Crippen LogP contribution in [0.1, 0.15) is 40.3 Å². The molecule has 0 saturated carbocycles. The van der Waals surface area contributed by atoms with E-state index >= 15 is 0 Å². The lowest BCUT2D eigenvalue weighted by atomic mass is 9.91. The lowest BCUT2D eigenvalue weighted by Crippen LogP contribution is -2.08. The van der Waals surface area contributed by atoms with E-state index < -0.39 is 0 Å². The normalized spacial score (nSPS) is 12.0. The van der Waals surface area contributed by atoms with E-state index in [1.165, 1.54) is 11.1 Å². The van der Waals surface area contributed by atoms with Crippen LogP contribution in [-0.4, -0.2) is 0 Å². The number of hydrogen-bond donors (Lipinski definition) is 0. The van der Waals surface area contributed by atoms with Gasteiger partial charge in [0.25, 0.3) is 0 Å². The Morgan fingerprint density at radius 3 is 1.72 bits per heavy atom. The first-order valence-electron chi connectivity index (χ1n) is 14.3. The van der Waals surface area contributed by atoms with Gasteiger partial charge in [-0.25, -0.2) is 0 Å². The maximum absolute atomic E-state index is 9.92. The van der Waals surface area contributed by atoms with Crippen molar-refractivity contribution in [1.29, 1.82) is 10.5 Å². The first-order chi connectivity index (χ1) is 20.9. The molecule has 0 atom stereocenters. The fourth-order valence-corrected chi connectivity index (χ4v) is 5.23. The number of allylic oxidation sites excluding steroid dienone is 6. The third-order valence-electron chi connectivity index (χ3n) is 7.50. The largest absolute Gasteiger partial charge is 0.317 e. The molecule has 5 aromatic rings. The predicted molar refractivity (Wildman–Crippen MR) is 181 cm³/mol. The molecule has 5 rings (SSSR count). The highest BCUT2D eigenvalue weighted by Crippen LogP contribution is 2.34. The average molecular weight is 556 g/mol. The van der Waals surface area contributed by atoms with Crippen molar-refractivity contribution in [3.8, 4) is 12.1 Å². The fourth-order valence-electron chi connectivity index (χ4n) is 5.23. The molecule has 0 spiro atoms. The summed E-state index contributed by atoms with van der Waals surface area (Å²) in [7, 11) is 0. The topological polar surface area (TPSA) is 50.8 Å². The summed E-state index contributed by atoms with van der Waals surface area (Å²) in [4.78, 5) is 2.19. The number of fused-ring (bicyclic) bond motifs is 3. The van der Waals surface area contributed by atoms with Gasteiger partial charge in [0, 0.05) is 28.3 Å². The smallest absolute Gasteiger partial charge is 0.101 e. The molecule has 0 aliphatic heterocycles. The molecule has 0 heterocycles. The summed E-state index contributed by atoms with van der Waals surface area (Å²) in [5.41, 5.74) is 8.67. The minimum absolute atomic E-state index is 0.427. The standard InChI is InChI=1S/C40H33N3/c1-5-7-31(8-6-23-43(33-17-9-28(2)10-18-33)34-19-11-29(3)12-20-34)14-15-32-16-22-36-38(25-32)37-24-30(4)13-21-35(37)39(26-41)40(36)27-42/h5-25H,1-4H3/b7-5-,15-14?,23-6+,31-8+. The Morgan fingerprint density at radius 2 is 1.16 bits per heavy atom. The highest BCUT2D eigenvalue weighted by molar-refractivity contribution is 6.13. The molecule has 208 valence electrons. The first kappa shape index (κ1) is 28.9. The van der Waals surface area contributed by atoms with Crippen LogP contribution in [0.5, 0.6) is 0 Å². The molecule has 0 aliphatic rings. The molecular formula is C40H33N3.